The van der Waals surface area contributed by atoms with Crippen molar-refractivity contribution in [3.63, 3.8) is 0 Å². The fraction of sp³-hybridized carbons (Fsp3) is 0.750. The van der Waals surface area contributed by atoms with Crippen molar-refractivity contribution in [1.82, 2.24) is 0 Å². The molecule has 0 aromatic carbocycles. The molecule has 0 saturated heterocycles. The van der Waals surface area contributed by atoms with Crippen LogP contribution in [0.15, 0.2) is 12.7 Å². The molecule has 2 atom stereocenters. The van der Waals surface area contributed by atoms with E-state index in [2.05, 4.69) is 35.2 Å². The van der Waals surface area contributed by atoms with Crippen molar-refractivity contribution in [3.8, 4) is 0 Å². The summed E-state index contributed by atoms with van der Waals surface area (Å²) in [5, 5.41) is 0. The Bertz CT molecular complexity index is 98.7. The summed E-state index contributed by atoms with van der Waals surface area (Å²) in [6, 6.07) is 0. The molecule has 0 bridgehead atoms. The van der Waals surface area contributed by atoms with Gasteiger partial charge in [0.1, 0.15) is 0 Å². The summed E-state index contributed by atoms with van der Waals surface area (Å²) in [7, 11) is 0. The molecule has 0 spiro atoms. The predicted octanol–water partition coefficient (Wildman–Crippen LogP) is 3.17. The topological polar surface area (TPSA) is 0 Å². The van der Waals surface area contributed by atoms with Crippen LogP contribution in [0, 0.1) is 5.92 Å². The van der Waals surface area contributed by atoms with Crippen LogP contribution in [0.1, 0.15) is 25.7 Å². The number of alkyl halides is 1. The van der Waals surface area contributed by atoms with E-state index in [0.717, 1.165) is 9.84 Å². The highest BCUT2D eigenvalue weighted by Crippen LogP contribution is 2.33. The molecule has 0 nitrogen and oxygen atoms in total. The van der Waals surface area contributed by atoms with Crippen molar-refractivity contribution in [1.29, 1.82) is 0 Å². The van der Waals surface area contributed by atoms with Gasteiger partial charge >= 0.3 is 0 Å². The van der Waals surface area contributed by atoms with Gasteiger partial charge in [0.15, 0.2) is 0 Å². The van der Waals surface area contributed by atoms with Crippen LogP contribution in [0.2, 0.25) is 0 Å². The summed E-state index contributed by atoms with van der Waals surface area (Å²) in [4.78, 5) is 0. The lowest BCUT2D eigenvalue weighted by Crippen LogP contribution is -2.03. The van der Waals surface area contributed by atoms with E-state index in [1.165, 1.54) is 25.7 Å². The third kappa shape index (κ3) is 1.95. The Kier molecular flexibility index (Phi) is 3.02. The van der Waals surface area contributed by atoms with Crippen LogP contribution >= 0.6 is 22.6 Å². The molecule has 1 fully saturated rings. The van der Waals surface area contributed by atoms with Crippen LogP contribution in [0.5, 0.6) is 0 Å². The van der Waals surface area contributed by atoms with Gasteiger partial charge in [0.2, 0.25) is 0 Å². The Labute approximate surface area is 70.9 Å². The molecule has 52 valence electrons. The minimum atomic E-state index is 0.931. The van der Waals surface area contributed by atoms with E-state index >= 15 is 0 Å². The Morgan fingerprint density at radius 2 is 2.33 bits per heavy atom. The minimum Gasteiger partial charge on any atom is -0.103 e. The first kappa shape index (κ1) is 7.58. The molecule has 1 aliphatic carbocycles. The van der Waals surface area contributed by atoms with Crippen LogP contribution in [-0.2, 0) is 0 Å². The largest absolute Gasteiger partial charge is 0.103 e. The highest BCUT2D eigenvalue weighted by molar-refractivity contribution is 14.1. The molecule has 1 aliphatic rings. The number of hydrogen-bond donors (Lipinski definition) is 0. The maximum absolute atomic E-state index is 3.76. The molecule has 1 heteroatoms. The zero-order valence-electron chi connectivity index (χ0n) is 5.65. The van der Waals surface area contributed by atoms with E-state index in [1.54, 1.807) is 0 Å². The van der Waals surface area contributed by atoms with Crippen molar-refractivity contribution >= 4 is 22.6 Å². The molecular formula is C8H13I. The second-order valence-corrected chi connectivity index (χ2v) is 4.33. The van der Waals surface area contributed by atoms with Crippen molar-refractivity contribution < 1.29 is 0 Å². The summed E-state index contributed by atoms with van der Waals surface area (Å²) in [5.41, 5.74) is 0. The molecule has 0 N–H and O–H groups in total. The molecule has 2 unspecified atom stereocenters. The van der Waals surface area contributed by atoms with E-state index in [1.807, 2.05) is 0 Å². The lowest BCUT2D eigenvalue weighted by molar-refractivity contribution is 0.581. The standard InChI is InChI=1S/C8H13I/c1-2-4-7-5-3-6-8(7)9/h2,7-8H,1,3-6H2. The van der Waals surface area contributed by atoms with Crippen LogP contribution < -0.4 is 0 Å². The first-order chi connectivity index (χ1) is 4.34. The van der Waals surface area contributed by atoms with Gasteiger partial charge in [-0.1, -0.05) is 35.1 Å². The van der Waals surface area contributed by atoms with E-state index in [4.69, 9.17) is 0 Å². The zero-order chi connectivity index (χ0) is 6.69. The molecule has 0 heterocycles. The molecular weight excluding hydrogens is 223 g/mol. The highest BCUT2D eigenvalue weighted by atomic mass is 127. The van der Waals surface area contributed by atoms with Crippen LogP contribution in [-0.4, -0.2) is 3.92 Å². The molecule has 0 aliphatic heterocycles. The van der Waals surface area contributed by atoms with Gasteiger partial charge in [-0.2, -0.15) is 0 Å². The third-order valence-electron chi connectivity index (χ3n) is 2.04. The summed E-state index contributed by atoms with van der Waals surface area (Å²) < 4.78 is 0.931. The van der Waals surface area contributed by atoms with Crippen LogP contribution in [0.4, 0.5) is 0 Å². The monoisotopic (exact) mass is 236 g/mol. The zero-order valence-corrected chi connectivity index (χ0v) is 7.80. The fourth-order valence-electron chi connectivity index (χ4n) is 1.47. The molecule has 1 rings (SSSR count). The first-order valence-corrected chi connectivity index (χ1v) is 4.84. The molecule has 0 aromatic heterocycles. The van der Waals surface area contributed by atoms with Crippen molar-refractivity contribution in [2.24, 2.45) is 5.92 Å². The van der Waals surface area contributed by atoms with Gasteiger partial charge in [-0.3, -0.25) is 0 Å². The van der Waals surface area contributed by atoms with Gasteiger partial charge in [-0.05, 0) is 25.2 Å². The van der Waals surface area contributed by atoms with E-state index in [9.17, 15) is 0 Å². The van der Waals surface area contributed by atoms with Gasteiger partial charge in [-0.15, -0.1) is 6.58 Å². The van der Waals surface area contributed by atoms with Gasteiger partial charge < -0.3 is 0 Å². The summed E-state index contributed by atoms with van der Waals surface area (Å²) >= 11 is 2.57. The quantitative estimate of drug-likeness (QED) is 0.392. The molecule has 0 amide bonds. The van der Waals surface area contributed by atoms with E-state index in [0.29, 0.717) is 0 Å². The average molecular weight is 236 g/mol. The Hall–Kier alpha value is 0.470. The van der Waals surface area contributed by atoms with Gasteiger partial charge in [0, 0.05) is 3.92 Å². The second kappa shape index (κ2) is 3.59. The fourth-order valence-corrected chi connectivity index (χ4v) is 2.56. The van der Waals surface area contributed by atoms with Crippen LogP contribution in [0.25, 0.3) is 0 Å². The Morgan fingerprint density at radius 1 is 1.56 bits per heavy atom. The van der Waals surface area contributed by atoms with Gasteiger partial charge in [-0.25, -0.2) is 0 Å². The van der Waals surface area contributed by atoms with E-state index in [-0.39, 0.29) is 0 Å². The van der Waals surface area contributed by atoms with Crippen molar-refractivity contribution in [2.45, 2.75) is 29.6 Å². The lowest BCUT2D eigenvalue weighted by atomic mass is 10.1. The number of rotatable bonds is 2. The normalized spacial score (nSPS) is 34.8. The van der Waals surface area contributed by atoms with Crippen molar-refractivity contribution in [2.75, 3.05) is 0 Å². The summed E-state index contributed by atoms with van der Waals surface area (Å²) in [6.07, 6.45) is 7.58. The lowest BCUT2D eigenvalue weighted by Gasteiger charge is -2.09. The number of allylic oxidation sites excluding steroid dienone is 1. The van der Waals surface area contributed by atoms with Gasteiger partial charge in [0.25, 0.3) is 0 Å². The highest BCUT2D eigenvalue weighted by Gasteiger charge is 2.22. The second-order valence-electron chi connectivity index (χ2n) is 2.73. The molecule has 0 aromatic rings. The smallest absolute Gasteiger partial charge is 0.0141 e. The van der Waals surface area contributed by atoms with E-state index < -0.39 is 0 Å². The Morgan fingerprint density at radius 3 is 2.78 bits per heavy atom. The SMILES string of the molecule is C=CCC1CCCC1I. The molecule has 9 heavy (non-hydrogen) atoms. The number of halogens is 1. The first-order valence-electron chi connectivity index (χ1n) is 3.59. The number of hydrogen-bond acceptors (Lipinski definition) is 0. The minimum absolute atomic E-state index is 0.931. The average Bonchev–Trinajstić information content (AvgIpc) is 2.18. The predicted molar refractivity (Wildman–Crippen MR) is 50.0 cm³/mol. The summed E-state index contributed by atoms with van der Waals surface area (Å²) in [5.74, 6) is 0.947. The van der Waals surface area contributed by atoms with Crippen LogP contribution in [0.3, 0.4) is 0 Å². The molecule has 0 radical (unpaired) electrons. The molecule has 1 saturated carbocycles. The Balaban J connectivity index is 2.30. The summed E-state index contributed by atoms with van der Waals surface area (Å²) in [6.45, 7) is 3.76. The van der Waals surface area contributed by atoms with Gasteiger partial charge in [0.05, 0.1) is 0 Å². The third-order valence-corrected chi connectivity index (χ3v) is 3.68. The maximum atomic E-state index is 3.76. The maximum Gasteiger partial charge on any atom is 0.0141 e. The van der Waals surface area contributed by atoms with Crippen molar-refractivity contribution in [3.05, 3.63) is 12.7 Å².